The first kappa shape index (κ1) is 12.7. The maximum Gasteiger partial charge on any atom is 0.183 e. The van der Waals surface area contributed by atoms with Gasteiger partial charge in [-0.3, -0.25) is 0 Å². The van der Waals surface area contributed by atoms with Crippen molar-refractivity contribution in [3.63, 3.8) is 0 Å². The number of furan rings is 1. The van der Waals surface area contributed by atoms with Gasteiger partial charge in [-0.1, -0.05) is 13.8 Å². The molecular formula is C12H17Br2NO. The van der Waals surface area contributed by atoms with Crippen molar-refractivity contribution in [2.24, 2.45) is 5.41 Å². The van der Waals surface area contributed by atoms with Gasteiger partial charge in [0, 0.05) is 6.04 Å². The predicted octanol–water partition coefficient (Wildman–Crippen LogP) is 4.47. The average Bonchev–Trinajstić information content (AvgIpc) is 2.68. The van der Waals surface area contributed by atoms with E-state index in [0.29, 0.717) is 11.5 Å². The highest BCUT2D eigenvalue weighted by Crippen LogP contribution is 2.37. The molecule has 0 saturated heterocycles. The lowest BCUT2D eigenvalue weighted by atomic mass is 9.92. The Labute approximate surface area is 113 Å². The average molecular weight is 351 g/mol. The van der Waals surface area contributed by atoms with Crippen molar-refractivity contribution in [1.82, 2.24) is 5.32 Å². The molecule has 1 aromatic rings. The van der Waals surface area contributed by atoms with E-state index in [-0.39, 0.29) is 0 Å². The molecule has 16 heavy (non-hydrogen) atoms. The molecule has 2 rings (SSSR count). The van der Waals surface area contributed by atoms with Crippen molar-refractivity contribution in [2.45, 2.75) is 45.7 Å². The van der Waals surface area contributed by atoms with Gasteiger partial charge >= 0.3 is 0 Å². The molecule has 0 spiro atoms. The topological polar surface area (TPSA) is 25.2 Å². The quantitative estimate of drug-likeness (QED) is 0.869. The summed E-state index contributed by atoms with van der Waals surface area (Å²) < 4.78 is 7.29. The van der Waals surface area contributed by atoms with Crippen molar-refractivity contribution in [3.8, 4) is 0 Å². The van der Waals surface area contributed by atoms with Gasteiger partial charge in [0.05, 0.1) is 11.0 Å². The van der Waals surface area contributed by atoms with Gasteiger partial charge < -0.3 is 9.73 Å². The highest BCUT2D eigenvalue weighted by Gasteiger charge is 2.30. The Morgan fingerprint density at radius 2 is 2.25 bits per heavy atom. The third kappa shape index (κ3) is 3.11. The lowest BCUT2D eigenvalue weighted by Gasteiger charge is -2.17. The van der Waals surface area contributed by atoms with Gasteiger partial charge in [-0.25, -0.2) is 0 Å². The first-order valence-corrected chi connectivity index (χ1v) is 7.22. The highest BCUT2D eigenvalue weighted by atomic mass is 79.9. The van der Waals surface area contributed by atoms with E-state index in [0.717, 1.165) is 21.4 Å². The minimum absolute atomic E-state index is 0.502. The molecule has 1 N–H and O–H groups in total. The molecule has 0 aliphatic heterocycles. The molecule has 1 heterocycles. The van der Waals surface area contributed by atoms with Crippen molar-refractivity contribution >= 4 is 31.9 Å². The maximum absolute atomic E-state index is 5.53. The fourth-order valence-corrected chi connectivity index (χ4v) is 2.99. The van der Waals surface area contributed by atoms with E-state index >= 15 is 0 Å². The number of nitrogens with one attached hydrogen (secondary N) is 1. The Hall–Kier alpha value is 0.200. The molecule has 2 nitrogen and oxygen atoms in total. The second kappa shape index (κ2) is 4.83. The molecule has 1 saturated carbocycles. The van der Waals surface area contributed by atoms with E-state index in [1.165, 1.54) is 19.3 Å². The van der Waals surface area contributed by atoms with Crippen LogP contribution in [0.25, 0.3) is 0 Å². The standard InChI is InChI=1S/C12H17Br2NO/c1-12(2)4-3-8(6-12)15-7-9-5-10(13)11(14)16-9/h5,8,15H,3-4,6-7H2,1-2H3. The molecule has 4 heteroatoms. The minimum Gasteiger partial charge on any atom is -0.452 e. The van der Waals surface area contributed by atoms with Gasteiger partial charge in [0.1, 0.15) is 5.76 Å². The minimum atomic E-state index is 0.502. The largest absolute Gasteiger partial charge is 0.452 e. The summed E-state index contributed by atoms with van der Waals surface area (Å²) in [6.45, 7) is 5.49. The molecule has 1 unspecified atom stereocenters. The molecule has 90 valence electrons. The zero-order chi connectivity index (χ0) is 11.8. The first-order valence-electron chi connectivity index (χ1n) is 5.63. The summed E-state index contributed by atoms with van der Waals surface area (Å²) in [7, 11) is 0. The summed E-state index contributed by atoms with van der Waals surface area (Å²) in [5.74, 6) is 0.975. The molecule has 0 radical (unpaired) electrons. The SMILES string of the molecule is CC1(C)CCC(NCc2cc(Br)c(Br)o2)C1. The molecule has 1 atom stereocenters. The molecule has 0 amide bonds. The third-order valence-electron chi connectivity index (χ3n) is 3.23. The van der Waals surface area contributed by atoms with Crippen molar-refractivity contribution in [2.75, 3.05) is 0 Å². The van der Waals surface area contributed by atoms with Gasteiger partial charge in [-0.05, 0) is 62.6 Å². The fraction of sp³-hybridized carbons (Fsp3) is 0.667. The van der Waals surface area contributed by atoms with Gasteiger partial charge in [-0.2, -0.15) is 0 Å². The Balaban J connectivity index is 1.84. The zero-order valence-electron chi connectivity index (χ0n) is 9.65. The second-order valence-electron chi connectivity index (χ2n) is 5.32. The summed E-state index contributed by atoms with van der Waals surface area (Å²) in [5, 5.41) is 3.56. The number of hydrogen-bond donors (Lipinski definition) is 1. The lowest BCUT2D eigenvalue weighted by Crippen LogP contribution is -2.26. The van der Waals surface area contributed by atoms with Gasteiger partial charge in [0.15, 0.2) is 4.67 Å². The molecular weight excluding hydrogens is 334 g/mol. The normalized spacial score (nSPS) is 23.9. The van der Waals surface area contributed by atoms with E-state index in [1.807, 2.05) is 6.07 Å². The predicted molar refractivity (Wildman–Crippen MR) is 72.4 cm³/mol. The zero-order valence-corrected chi connectivity index (χ0v) is 12.8. The van der Waals surface area contributed by atoms with Gasteiger partial charge in [0.2, 0.25) is 0 Å². The summed E-state index contributed by atoms with van der Waals surface area (Å²) in [4.78, 5) is 0. The lowest BCUT2D eigenvalue weighted by molar-refractivity contribution is 0.358. The van der Waals surface area contributed by atoms with Crippen LogP contribution in [-0.2, 0) is 6.54 Å². The molecule has 1 aliphatic carbocycles. The molecule has 1 aliphatic rings. The van der Waals surface area contributed by atoms with Crippen LogP contribution in [0.4, 0.5) is 0 Å². The summed E-state index contributed by atoms with van der Waals surface area (Å²) >= 11 is 6.77. The van der Waals surface area contributed by atoms with Crippen LogP contribution in [-0.4, -0.2) is 6.04 Å². The number of halogens is 2. The Bertz CT molecular complexity index is 354. The Kier molecular flexibility index (Phi) is 3.82. The van der Waals surface area contributed by atoms with Crippen LogP contribution in [0.3, 0.4) is 0 Å². The van der Waals surface area contributed by atoms with Crippen LogP contribution < -0.4 is 5.32 Å². The summed E-state index contributed by atoms with van der Waals surface area (Å²) in [5.41, 5.74) is 0.502. The van der Waals surface area contributed by atoms with Crippen molar-refractivity contribution in [1.29, 1.82) is 0 Å². The third-order valence-corrected chi connectivity index (χ3v) is 4.94. The van der Waals surface area contributed by atoms with Crippen molar-refractivity contribution < 1.29 is 4.42 Å². The number of rotatable bonds is 3. The van der Waals surface area contributed by atoms with Crippen LogP contribution in [0.1, 0.15) is 38.9 Å². The van der Waals surface area contributed by atoms with Crippen LogP contribution in [0.5, 0.6) is 0 Å². The highest BCUT2D eigenvalue weighted by molar-refractivity contribution is 9.13. The second-order valence-corrected chi connectivity index (χ2v) is 6.89. The van der Waals surface area contributed by atoms with E-state index in [1.54, 1.807) is 0 Å². The number of hydrogen-bond acceptors (Lipinski definition) is 2. The molecule has 0 aromatic carbocycles. The van der Waals surface area contributed by atoms with Crippen LogP contribution in [0.2, 0.25) is 0 Å². The molecule has 0 bridgehead atoms. The molecule has 1 aromatic heterocycles. The fourth-order valence-electron chi connectivity index (χ4n) is 2.33. The van der Waals surface area contributed by atoms with Gasteiger partial charge in [-0.15, -0.1) is 0 Å². The van der Waals surface area contributed by atoms with Crippen LogP contribution in [0.15, 0.2) is 19.6 Å². The van der Waals surface area contributed by atoms with Crippen LogP contribution in [0, 0.1) is 5.41 Å². The van der Waals surface area contributed by atoms with E-state index < -0.39 is 0 Å². The van der Waals surface area contributed by atoms with E-state index in [4.69, 9.17) is 4.42 Å². The first-order chi connectivity index (χ1) is 7.46. The maximum atomic E-state index is 5.53. The smallest absolute Gasteiger partial charge is 0.183 e. The summed E-state index contributed by atoms with van der Waals surface area (Å²) in [6.07, 6.45) is 3.85. The van der Waals surface area contributed by atoms with E-state index in [9.17, 15) is 0 Å². The monoisotopic (exact) mass is 349 g/mol. The van der Waals surface area contributed by atoms with Crippen LogP contribution >= 0.6 is 31.9 Å². The van der Waals surface area contributed by atoms with Crippen molar-refractivity contribution in [3.05, 3.63) is 21.0 Å². The van der Waals surface area contributed by atoms with Gasteiger partial charge in [0.25, 0.3) is 0 Å². The molecule has 1 fully saturated rings. The Morgan fingerprint density at radius 1 is 1.50 bits per heavy atom. The summed E-state index contributed by atoms with van der Waals surface area (Å²) in [6, 6.07) is 2.65. The Morgan fingerprint density at radius 3 is 2.75 bits per heavy atom. The van der Waals surface area contributed by atoms with E-state index in [2.05, 4.69) is 51.0 Å².